The Labute approximate surface area is 113 Å². The second-order valence-corrected chi connectivity index (χ2v) is 5.44. The first kappa shape index (κ1) is 15.8. The zero-order valence-electron chi connectivity index (χ0n) is 9.88. The molecule has 11 heteroatoms. The van der Waals surface area contributed by atoms with Crippen molar-refractivity contribution in [3.05, 3.63) is 28.3 Å². The van der Waals surface area contributed by atoms with E-state index in [-0.39, 0.29) is 0 Å². The number of sulfonamides is 1. The molecular weight excluding hydrogens is 294 g/mol. The molecule has 1 aromatic carbocycles. The maximum atomic E-state index is 11.8. The number of carbonyl (C=O) groups is 1. The smallest absolute Gasteiger partial charge is 0.312 e. The highest BCUT2D eigenvalue weighted by atomic mass is 32.2. The van der Waals surface area contributed by atoms with Crippen molar-refractivity contribution < 1.29 is 28.3 Å². The predicted octanol–water partition coefficient (Wildman–Crippen LogP) is -1.58. The molecule has 0 aliphatic rings. The summed E-state index contributed by atoms with van der Waals surface area (Å²) in [6, 6.07) is 2.42. The number of aliphatic hydroxyl groups excluding tert-OH is 1. The van der Waals surface area contributed by atoms with Crippen molar-refractivity contribution in [1.29, 1.82) is 0 Å². The van der Waals surface area contributed by atoms with Gasteiger partial charge in [-0.25, -0.2) is 13.1 Å². The Hall–Kier alpha value is -2.24. The maximum Gasteiger partial charge on any atom is 0.312 e. The minimum Gasteiger partial charge on any atom is -0.502 e. The van der Waals surface area contributed by atoms with Crippen molar-refractivity contribution in [3.8, 4) is 5.75 Å². The Morgan fingerprint density at radius 3 is 2.60 bits per heavy atom. The fourth-order valence-corrected chi connectivity index (χ4v) is 2.25. The van der Waals surface area contributed by atoms with Crippen LogP contribution in [0.4, 0.5) is 5.69 Å². The summed E-state index contributed by atoms with van der Waals surface area (Å²) in [6.45, 7) is -0.674. The third-order valence-corrected chi connectivity index (χ3v) is 3.67. The maximum absolute atomic E-state index is 11.8. The zero-order chi connectivity index (χ0) is 15.5. The number of rotatable bonds is 6. The number of phenols is 1. The summed E-state index contributed by atoms with van der Waals surface area (Å²) in [5, 5.41) is 28.9. The summed E-state index contributed by atoms with van der Waals surface area (Å²) < 4.78 is 25.4. The molecule has 0 aliphatic heterocycles. The van der Waals surface area contributed by atoms with E-state index in [1.807, 2.05) is 4.72 Å². The van der Waals surface area contributed by atoms with Crippen molar-refractivity contribution in [3.63, 3.8) is 0 Å². The Kier molecular flexibility index (Phi) is 4.60. The summed E-state index contributed by atoms with van der Waals surface area (Å²) in [6.07, 6.45) is -1.73. The molecule has 0 saturated carbocycles. The first-order valence-corrected chi connectivity index (χ1v) is 6.58. The first-order valence-electron chi connectivity index (χ1n) is 5.09. The largest absolute Gasteiger partial charge is 0.502 e. The molecule has 1 amide bonds. The van der Waals surface area contributed by atoms with E-state index in [9.17, 15) is 28.4 Å². The minimum absolute atomic E-state index is 0.501. The number of aliphatic hydroxyl groups is 1. The molecule has 5 N–H and O–H groups in total. The van der Waals surface area contributed by atoms with Crippen LogP contribution in [-0.4, -0.2) is 42.1 Å². The molecule has 1 unspecified atom stereocenters. The Morgan fingerprint density at radius 2 is 2.10 bits per heavy atom. The first-order chi connectivity index (χ1) is 9.15. The Balaban J connectivity index is 3.01. The average molecular weight is 305 g/mol. The van der Waals surface area contributed by atoms with Gasteiger partial charge in [-0.1, -0.05) is 0 Å². The van der Waals surface area contributed by atoms with Crippen molar-refractivity contribution in [2.24, 2.45) is 5.73 Å². The van der Waals surface area contributed by atoms with E-state index in [4.69, 9.17) is 10.8 Å². The van der Waals surface area contributed by atoms with Crippen LogP contribution in [0.2, 0.25) is 0 Å². The van der Waals surface area contributed by atoms with Crippen molar-refractivity contribution in [1.82, 2.24) is 4.72 Å². The van der Waals surface area contributed by atoms with Gasteiger partial charge < -0.3 is 15.9 Å². The van der Waals surface area contributed by atoms with Gasteiger partial charge in [0.25, 0.3) is 0 Å². The molecule has 1 rings (SSSR count). The number of hydrogen-bond acceptors (Lipinski definition) is 7. The second-order valence-electron chi connectivity index (χ2n) is 3.68. The van der Waals surface area contributed by atoms with E-state index in [1.54, 1.807) is 0 Å². The van der Waals surface area contributed by atoms with Gasteiger partial charge in [-0.05, 0) is 12.1 Å². The van der Waals surface area contributed by atoms with Crippen molar-refractivity contribution in [2.45, 2.75) is 11.0 Å². The third kappa shape index (κ3) is 3.63. The van der Waals surface area contributed by atoms with E-state index in [1.165, 1.54) is 0 Å². The van der Waals surface area contributed by atoms with E-state index >= 15 is 0 Å². The topological polar surface area (TPSA) is 173 Å². The number of carbonyl (C=O) groups excluding carboxylic acids is 1. The highest BCUT2D eigenvalue weighted by Gasteiger charge is 2.22. The number of nitrogens with one attached hydrogen (secondary N) is 1. The quantitative estimate of drug-likeness (QED) is 0.362. The van der Waals surface area contributed by atoms with E-state index < -0.39 is 49.8 Å². The molecule has 0 bridgehead atoms. The molecule has 110 valence electrons. The molecule has 0 saturated heterocycles. The lowest BCUT2D eigenvalue weighted by atomic mass is 10.3. The number of benzene rings is 1. The number of nitrogens with zero attached hydrogens (tertiary/aromatic N) is 1. The van der Waals surface area contributed by atoms with Crippen LogP contribution in [0.1, 0.15) is 0 Å². The van der Waals surface area contributed by atoms with Gasteiger partial charge in [-0.3, -0.25) is 14.9 Å². The van der Waals surface area contributed by atoms with Crippen molar-refractivity contribution in [2.75, 3.05) is 6.54 Å². The number of aromatic hydroxyl groups is 1. The summed E-state index contributed by atoms with van der Waals surface area (Å²) in [7, 11) is -4.19. The van der Waals surface area contributed by atoms with Crippen molar-refractivity contribution >= 4 is 21.6 Å². The molecule has 0 aliphatic carbocycles. The lowest BCUT2D eigenvalue weighted by molar-refractivity contribution is -0.386. The van der Waals surface area contributed by atoms with Crippen LogP contribution in [0.5, 0.6) is 5.75 Å². The lowest BCUT2D eigenvalue weighted by Gasteiger charge is -2.09. The number of phenolic OH excluding ortho intramolecular Hbond substituents is 1. The highest BCUT2D eigenvalue weighted by Crippen LogP contribution is 2.27. The van der Waals surface area contributed by atoms with Gasteiger partial charge >= 0.3 is 5.69 Å². The molecule has 0 spiro atoms. The lowest BCUT2D eigenvalue weighted by Crippen LogP contribution is -2.39. The normalized spacial score (nSPS) is 12.8. The van der Waals surface area contributed by atoms with Crippen LogP contribution in [-0.2, 0) is 14.8 Å². The van der Waals surface area contributed by atoms with Gasteiger partial charge in [0.2, 0.25) is 15.9 Å². The van der Waals surface area contributed by atoms with Crippen LogP contribution in [0.3, 0.4) is 0 Å². The monoisotopic (exact) mass is 305 g/mol. The summed E-state index contributed by atoms with van der Waals surface area (Å²) >= 11 is 0. The van der Waals surface area contributed by atoms with Crippen LogP contribution >= 0.6 is 0 Å². The molecule has 20 heavy (non-hydrogen) atoms. The number of hydrogen-bond donors (Lipinski definition) is 4. The molecule has 1 atom stereocenters. The summed E-state index contributed by atoms with van der Waals surface area (Å²) in [4.78, 5) is 19.7. The molecule has 0 radical (unpaired) electrons. The van der Waals surface area contributed by atoms with Gasteiger partial charge in [-0.2, -0.15) is 0 Å². The van der Waals surface area contributed by atoms with Gasteiger partial charge in [0, 0.05) is 12.6 Å². The molecule has 0 heterocycles. The summed E-state index contributed by atoms with van der Waals surface area (Å²) in [5.41, 5.74) is 3.95. The van der Waals surface area contributed by atoms with Crippen LogP contribution in [0, 0.1) is 10.1 Å². The van der Waals surface area contributed by atoms with Gasteiger partial charge in [0.15, 0.2) is 5.75 Å². The van der Waals surface area contributed by atoms with Gasteiger partial charge in [-0.15, -0.1) is 0 Å². The number of nitro groups is 1. The Bertz CT molecular complexity index is 643. The van der Waals surface area contributed by atoms with Crippen LogP contribution < -0.4 is 10.5 Å². The number of nitrogens with two attached hydrogens (primary N) is 1. The third-order valence-electron chi connectivity index (χ3n) is 2.25. The standard InChI is InChI=1S/C9H11N3O7S/c10-9(15)8(14)4-11-20(18,19)5-1-2-7(13)6(3-5)12(16)17/h1-3,8,11,13-14H,4H2,(H2,10,15). The second kappa shape index (κ2) is 5.81. The van der Waals surface area contributed by atoms with E-state index in [0.717, 1.165) is 12.1 Å². The van der Waals surface area contributed by atoms with E-state index in [0.29, 0.717) is 6.07 Å². The van der Waals surface area contributed by atoms with Crippen LogP contribution in [0.25, 0.3) is 0 Å². The number of primary amides is 1. The fraction of sp³-hybridized carbons (Fsp3) is 0.222. The minimum atomic E-state index is -4.19. The molecule has 0 aromatic heterocycles. The van der Waals surface area contributed by atoms with Crippen LogP contribution in [0.15, 0.2) is 23.1 Å². The Morgan fingerprint density at radius 1 is 1.50 bits per heavy atom. The number of nitro benzene ring substituents is 1. The molecular formula is C9H11N3O7S. The molecule has 0 fully saturated rings. The molecule has 10 nitrogen and oxygen atoms in total. The summed E-state index contributed by atoms with van der Waals surface area (Å²) in [5.74, 6) is -1.81. The highest BCUT2D eigenvalue weighted by molar-refractivity contribution is 7.89. The van der Waals surface area contributed by atoms with E-state index in [2.05, 4.69) is 0 Å². The number of amides is 1. The fourth-order valence-electron chi connectivity index (χ4n) is 1.19. The van der Waals surface area contributed by atoms with Gasteiger partial charge in [0.1, 0.15) is 6.10 Å². The average Bonchev–Trinajstić information content (AvgIpc) is 2.35. The van der Waals surface area contributed by atoms with Gasteiger partial charge in [0.05, 0.1) is 9.82 Å². The SMILES string of the molecule is NC(=O)C(O)CNS(=O)(=O)c1ccc(O)c([N+](=O)[O-])c1. The molecule has 1 aromatic rings. The predicted molar refractivity (Wildman–Crippen MR) is 65.2 cm³/mol. The zero-order valence-corrected chi connectivity index (χ0v) is 10.7.